The van der Waals surface area contributed by atoms with Crippen LogP contribution in [0.1, 0.15) is 64.2 Å². The van der Waals surface area contributed by atoms with Gasteiger partial charge in [0.2, 0.25) is 16.0 Å². The molecule has 2 N–H and O–H groups in total. The zero-order valence-corrected chi connectivity index (χ0v) is 19.0. The smallest absolute Gasteiger partial charge is 0.335 e. The molecular formula is C18H30ClN5O5S. The van der Waals surface area contributed by atoms with Crippen LogP contribution in [0.3, 0.4) is 0 Å². The van der Waals surface area contributed by atoms with Gasteiger partial charge < -0.3 is 9.47 Å². The lowest BCUT2D eigenvalue weighted by atomic mass is 10.0. The van der Waals surface area contributed by atoms with Gasteiger partial charge in [-0.05, 0) is 12.8 Å². The molecule has 0 aromatic carbocycles. The van der Waals surface area contributed by atoms with E-state index in [1.165, 1.54) is 27.1 Å². The third-order valence-corrected chi connectivity index (χ3v) is 7.44. The number of hydrogen-bond donors (Lipinski definition) is 2. The minimum absolute atomic E-state index is 0.0832. The summed E-state index contributed by atoms with van der Waals surface area (Å²) >= 11 is 6.47. The van der Waals surface area contributed by atoms with Crippen molar-refractivity contribution in [2.24, 2.45) is 0 Å². The maximum Gasteiger partial charge on any atom is 0.335 e. The van der Waals surface area contributed by atoms with Crippen LogP contribution in [-0.4, -0.2) is 54.2 Å². The molecule has 10 nitrogen and oxygen atoms in total. The number of nitrogens with zero attached hydrogens (tertiary/aromatic N) is 3. The van der Waals surface area contributed by atoms with E-state index in [0.29, 0.717) is 12.8 Å². The molecule has 0 radical (unpaired) electrons. The lowest BCUT2D eigenvalue weighted by Gasteiger charge is -2.23. The number of carbonyl (C=O) groups excluding carboxylic acids is 1. The van der Waals surface area contributed by atoms with E-state index >= 15 is 0 Å². The zero-order valence-electron chi connectivity index (χ0n) is 17.4. The first-order valence-corrected chi connectivity index (χ1v) is 12.1. The summed E-state index contributed by atoms with van der Waals surface area (Å²) in [6.07, 6.45) is 9.20. The zero-order chi connectivity index (χ0) is 22.0. The van der Waals surface area contributed by atoms with Crippen LogP contribution in [0.25, 0.3) is 0 Å². The molecule has 1 fully saturated rings. The van der Waals surface area contributed by atoms with Crippen LogP contribution in [-0.2, 0) is 10.0 Å². The van der Waals surface area contributed by atoms with Crippen LogP contribution < -0.4 is 19.5 Å². The van der Waals surface area contributed by atoms with Crippen molar-refractivity contribution in [1.29, 1.82) is 0 Å². The Morgan fingerprint density at radius 1 is 0.900 bits per heavy atom. The van der Waals surface area contributed by atoms with Crippen molar-refractivity contribution >= 4 is 33.6 Å². The fraction of sp³-hybridized carbons (Fsp3) is 0.778. The standard InChI is InChI=1S/C18H30ClN5O5S/c1-28-17-21-15(22-18(23-17)29-2)20-16(25)24-30(26,27)14-12-10-8-6-4-3-5-7-9-11-13(14)19/h13-14H,3-12H2,1-2H3,(H2,20,21,22,23,24,25). The maximum absolute atomic E-state index is 12.9. The number of anilines is 1. The van der Waals surface area contributed by atoms with Gasteiger partial charge in [-0.15, -0.1) is 16.6 Å². The summed E-state index contributed by atoms with van der Waals surface area (Å²) in [6.45, 7) is 0. The van der Waals surface area contributed by atoms with Gasteiger partial charge in [0.15, 0.2) is 0 Å². The SMILES string of the molecule is COc1nc(NC(=O)NS(=O)(=O)C2CCCCCCCCCCC2Cl)nc(OC)n1. The predicted octanol–water partition coefficient (Wildman–Crippen LogP) is 3.23. The van der Waals surface area contributed by atoms with E-state index in [2.05, 4.69) is 20.3 Å². The average Bonchev–Trinajstić information content (AvgIpc) is 2.69. The number of amides is 2. The van der Waals surface area contributed by atoms with Crippen LogP contribution in [0.5, 0.6) is 12.0 Å². The molecule has 1 heterocycles. The summed E-state index contributed by atoms with van der Waals surface area (Å²) in [5, 5.41) is 0.858. The number of alkyl halides is 1. The van der Waals surface area contributed by atoms with Crippen LogP contribution in [0.4, 0.5) is 10.7 Å². The maximum atomic E-state index is 12.9. The third kappa shape index (κ3) is 7.75. The second-order valence-electron chi connectivity index (χ2n) is 7.19. The first-order valence-electron chi connectivity index (χ1n) is 10.2. The molecule has 1 aliphatic carbocycles. The topological polar surface area (TPSA) is 132 Å². The monoisotopic (exact) mass is 463 g/mol. The molecule has 1 saturated carbocycles. The Labute approximate surface area is 182 Å². The molecule has 1 aromatic heterocycles. The highest BCUT2D eigenvalue weighted by molar-refractivity contribution is 7.90. The molecule has 12 heteroatoms. The molecule has 2 amide bonds. The number of carbonyl (C=O) groups is 1. The molecular weight excluding hydrogens is 434 g/mol. The molecule has 2 rings (SSSR count). The first-order chi connectivity index (χ1) is 14.4. The van der Waals surface area contributed by atoms with E-state index in [0.717, 1.165) is 38.5 Å². The minimum atomic E-state index is -4.00. The van der Waals surface area contributed by atoms with Gasteiger partial charge >= 0.3 is 18.1 Å². The van der Waals surface area contributed by atoms with Crippen LogP contribution in [0, 0.1) is 0 Å². The van der Waals surface area contributed by atoms with Gasteiger partial charge in [-0.2, -0.15) is 9.97 Å². The van der Waals surface area contributed by atoms with Gasteiger partial charge in [0.05, 0.1) is 24.8 Å². The van der Waals surface area contributed by atoms with E-state index in [-0.39, 0.29) is 18.0 Å². The highest BCUT2D eigenvalue weighted by Crippen LogP contribution is 2.25. The van der Waals surface area contributed by atoms with E-state index in [1.807, 2.05) is 4.72 Å². The van der Waals surface area contributed by atoms with Crippen LogP contribution >= 0.6 is 11.6 Å². The Balaban J connectivity index is 2.07. The molecule has 2 unspecified atom stereocenters. The van der Waals surface area contributed by atoms with Crippen LogP contribution in [0.2, 0.25) is 0 Å². The third-order valence-electron chi connectivity index (χ3n) is 4.94. The molecule has 0 aliphatic heterocycles. The van der Waals surface area contributed by atoms with Crippen molar-refractivity contribution in [1.82, 2.24) is 19.7 Å². The molecule has 170 valence electrons. The van der Waals surface area contributed by atoms with Crippen molar-refractivity contribution < 1.29 is 22.7 Å². The summed E-state index contributed by atoms with van der Waals surface area (Å²) in [5.74, 6) is -0.201. The number of methoxy groups -OCH3 is 2. The quantitative estimate of drug-likeness (QED) is 0.636. The highest BCUT2D eigenvalue weighted by atomic mass is 35.5. The van der Waals surface area contributed by atoms with Gasteiger partial charge in [0.25, 0.3) is 0 Å². The highest BCUT2D eigenvalue weighted by Gasteiger charge is 2.33. The Hall–Kier alpha value is -1.88. The van der Waals surface area contributed by atoms with Crippen molar-refractivity contribution in [2.75, 3.05) is 19.5 Å². The second kappa shape index (κ2) is 12.1. The Morgan fingerprint density at radius 2 is 1.40 bits per heavy atom. The van der Waals surface area contributed by atoms with Gasteiger partial charge in [-0.1, -0.05) is 51.4 Å². The number of halogens is 1. The minimum Gasteiger partial charge on any atom is -0.467 e. The summed E-state index contributed by atoms with van der Waals surface area (Å²) in [6, 6.07) is -1.15. The normalized spacial score (nSPS) is 21.6. The van der Waals surface area contributed by atoms with Crippen molar-refractivity contribution in [3.63, 3.8) is 0 Å². The van der Waals surface area contributed by atoms with E-state index in [4.69, 9.17) is 21.1 Å². The fourth-order valence-corrected chi connectivity index (χ4v) is 5.52. The number of nitrogens with one attached hydrogen (secondary N) is 2. The molecule has 0 saturated heterocycles. The second-order valence-corrected chi connectivity index (χ2v) is 9.65. The number of ether oxygens (including phenoxy) is 2. The van der Waals surface area contributed by atoms with E-state index in [9.17, 15) is 13.2 Å². The first kappa shape index (κ1) is 24.4. The van der Waals surface area contributed by atoms with Gasteiger partial charge in [-0.25, -0.2) is 17.9 Å². The fourth-order valence-electron chi connectivity index (χ4n) is 3.37. The van der Waals surface area contributed by atoms with E-state index < -0.39 is 26.7 Å². The molecule has 2 atom stereocenters. The van der Waals surface area contributed by atoms with Gasteiger partial charge in [0, 0.05) is 0 Å². The largest absolute Gasteiger partial charge is 0.467 e. The van der Waals surface area contributed by atoms with E-state index in [1.54, 1.807) is 0 Å². The summed E-state index contributed by atoms with van der Waals surface area (Å²) < 4.78 is 37.7. The number of sulfonamides is 1. The molecule has 1 aromatic rings. The number of urea groups is 1. The summed E-state index contributed by atoms with van der Waals surface area (Å²) in [5.41, 5.74) is 0. The average molecular weight is 464 g/mol. The summed E-state index contributed by atoms with van der Waals surface area (Å²) in [7, 11) is -1.32. The number of rotatable bonds is 5. The number of hydrogen-bond acceptors (Lipinski definition) is 8. The molecule has 0 spiro atoms. The number of aromatic nitrogens is 3. The lowest BCUT2D eigenvalue weighted by Crippen LogP contribution is -2.44. The van der Waals surface area contributed by atoms with Gasteiger partial charge in [-0.3, -0.25) is 5.32 Å². The Morgan fingerprint density at radius 3 is 1.93 bits per heavy atom. The molecule has 1 aliphatic rings. The van der Waals surface area contributed by atoms with Crippen molar-refractivity contribution in [3.8, 4) is 12.0 Å². The molecule has 0 bridgehead atoms. The Bertz CT molecular complexity index is 773. The lowest BCUT2D eigenvalue weighted by molar-refractivity contribution is 0.256. The van der Waals surface area contributed by atoms with Gasteiger partial charge in [0.1, 0.15) is 0 Å². The summed E-state index contributed by atoms with van der Waals surface area (Å²) in [4.78, 5) is 23.8. The van der Waals surface area contributed by atoms with Crippen molar-refractivity contribution in [3.05, 3.63) is 0 Å². The molecule has 30 heavy (non-hydrogen) atoms. The predicted molar refractivity (Wildman–Crippen MR) is 114 cm³/mol. The van der Waals surface area contributed by atoms with Crippen LogP contribution in [0.15, 0.2) is 0 Å². The van der Waals surface area contributed by atoms with Crippen molar-refractivity contribution in [2.45, 2.75) is 74.8 Å². The Kier molecular flexibility index (Phi) is 9.83.